The highest BCUT2D eigenvalue weighted by molar-refractivity contribution is 5.77. The van der Waals surface area contributed by atoms with Gasteiger partial charge in [-0.15, -0.1) is 0 Å². The fraction of sp³-hybridized carbons (Fsp3) is 0.588. The normalized spacial score (nSPS) is 21.3. The second-order valence-corrected chi connectivity index (χ2v) is 6.76. The molecule has 2 atom stereocenters. The van der Waals surface area contributed by atoms with E-state index in [9.17, 15) is 4.79 Å². The predicted molar refractivity (Wildman–Crippen MR) is 91.3 cm³/mol. The summed E-state index contributed by atoms with van der Waals surface area (Å²) in [7, 11) is 1.91. The van der Waals surface area contributed by atoms with Gasteiger partial charge in [-0.05, 0) is 33.3 Å². The molecular weight excluding hydrogens is 304 g/mol. The number of rotatable bonds is 5. The number of hydrogen-bond acceptors (Lipinski definition) is 4. The molecule has 2 N–H and O–H groups in total. The number of aryl methyl sites for hydroxylation is 2. The molecule has 1 aliphatic heterocycles. The zero-order chi connectivity index (χ0) is 17.3. The molecule has 0 saturated carbocycles. The van der Waals surface area contributed by atoms with E-state index in [-0.39, 0.29) is 18.0 Å². The number of carbonyl (C=O) groups is 1. The molecule has 7 nitrogen and oxygen atoms in total. The molecule has 1 aliphatic rings. The summed E-state index contributed by atoms with van der Waals surface area (Å²) in [5.74, 6) is 0.100. The van der Waals surface area contributed by atoms with Gasteiger partial charge in [0.2, 0.25) is 5.91 Å². The van der Waals surface area contributed by atoms with Gasteiger partial charge in [0.05, 0.1) is 17.4 Å². The third-order valence-electron chi connectivity index (χ3n) is 4.68. The summed E-state index contributed by atoms with van der Waals surface area (Å²) in [5, 5.41) is 15.5. The van der Waals surface area contributed by atoms with E-state index in [1.165, 1.54) is 5.56 Å². The van der Waals surface area contributed by atoms with Crippen LogP contribution in [0.1, 0.15) is 55.7 Å². The predicted octanol–water partition coefficient (Wildman–Crippen LogP) is 1.62. The molecule has 3 rings (SSSR count). The van der Waals surface area contributed by atoms with E-state index in [0.29, 0.717) is 12.5 Å². The molecule has 0 aliphatic carbocycles. The van der Waals surface area contributed by atoms with E-state index >= 15 is 0 Å². The van der Waals surface area contributed by atoms with Crippen LogP contribution >= 0.6 is 0 Å². The molecule has 24 heavy (non-hydrogen) atoms. The summed E-state index contributed by atoms with van der Waals surface area (Å²) in [6, 6.07) is 2.44. The lowest BCUT2D eigenvalue weighted by molar-refractivity contribution is -0.124. The summed E-state index contributed by atoms with van der Waals surface area (Å²) >= 11 is 0. The van der Waals surface area contributed by atoms with Crippen LogP contribution in [0.4, 0.5) is 0 Å². The van der Waals surface area contributed by atoms with Crippen LogP contribution < -0.4 is 10.6 Å². The van der Waals surface area contributed by atoms with E-state index in [1.54, 1.807) is 6.20 Å². The summed E-state index contributed by atoms with van der Waals surface area (Å²) in [5.41, 5.74) is 3.27. The lowest BCUT2D eigenvalue weighted by Gasteiger charge is -2.33. The third kappa shape index (κ3) is 3.36. The number of aromatic nitrogens is 4. The molecule has 1 fully saturated rings. The lowest BCUT2D eigenvalue weighted by Crippen LogP contribution is -2.48. The summed E-state index contributed by atoms with van der Waals surface area (Å²) in [6.45, 7) is 7.03. The number of hydrogen-bond donors (Lipinski definition) is 2. The van der Waals surface area contributed by atoms with Gasteiger partial charge in [-0.1, -0.05) is 0 Å². The van der Waals surface area contributed by atoms with Crippen LogP contribution in [0.15, 0.2) is 18.5 Å². The second-order valence-electron chi connectivity index (χ2n) is 6.76. The fourth-order valence-corrected chi connectivity index (χ4v) is 3.19. The van der Waals surface area contributed by atoms with E-state index in [0.717, 1.165) is 24.4 Å². The number of amides is 1. The minimum absolute atomic E-state index is 0.0563. The van der Waals surface area contributed by atoms with E-state index in [1.807, 2.05) is 29.4 Å². The number of nitrogens with zero attached hydrogens (tertiary/aromatic N) is 4. The zero-order valence-corrected chi connectivity index (χ0v) is 14.8. The van der Waals surface area contributed by atoms with Crippen LogP contribution in [0.5, 0.6) is 0 Å². The molecule has 0 unspecified atom stereocenters. The monoisotopic (exact) mass is 330 g/mol. The van der Waals surface area contributed by atoms with Gasteiger partial charge in [0, 0.05) is 50.1 Å². The second kappa shape index (κ2) is 6.76. The van der Waals surface area contributed by atoms with Gasteiger partial charge in [-0.3, -0.25) is 14.2 Å². The Bertz CT molecular complexity index is 716. The topological polar surface area (TPSA) is 76.8 Å². The van der Waals surface area contributed by atoms with Crippen molar-refractivity contribution in [1.82, 2.24) is 30.2 Å². The van der Waals surface area contributed by atoms with Crippen molar-refractivity contribution in [2.24, 2.45) is 7.05 Å². The summed E-state index contributed by atoms with van der Waals surface area (Å²) < 4.78 is 3.82. The molecule has 7 heteroatoms. The number of piperidine rings is 1. The van der Waals surface area contributed by atoms with Crippen LogP contribution in [0, 0.1) is 6.92 Å². The SMILES string of the molecule is Cc1nn(C(C)C)cc1CN[C@@H]1CCC(=O)N[C@H]1c1ccnn1C. The maximum atomic E-state index is 11.9. The van der Waals surface area contributed by atoms with Crippen molar-refractivity contribution in [2.75, 3.05) is 0 Å². The van der Waals surface area contributed by atoms with Crippen molar-refractivity contribution in [3.8, 4) is 0 Å². The molecule has 1 amide bonds. The van der Waals surface area contributed by atoms with Crippen LogP contribution in [0.25, 0.3) is 0 Å². The quantitative estimate of drug-likeness (QED) is 0.873. The van der Waals surface area contributed by atoms with Crippen molar-refractivity contribution >= 4 is 5.91 Å². The summed E-state index contributed by atoms with van der Waals surface area (Å²) in [6.07, 6.45) is 5.24. The van der Waals surface area contributed by atoms with Crippen molar-refractivity contribution in [3.63, 3.8) is 0 Å². The first-order valence-corrected chi connectivity index (χ1v) is 8.51. The van der Waals surface area contributed by atoms with Crippen LogP contribution in [0.2, 0.25) is 0 Å². The van der Waals surface area contributed by atoms with Crippen LogP contribution in [0.3, 0.4) is 0 Å². The molecular formula is C17H26N6O. The van der Waals surface area contributed by atoms with Crippen molar-refractivity contribution in [1.29, 1.82) is 0 Å². The van der Waals surface area contributed by atoms with Crippen molar-refractivity contribution < 1.29 is 4.79 Å². The molecule has 0 bridgehead atoms. The van der Waals surface area contributed by atoms with Gasteiger partial charge >= 0.3 is 0 Å². The zero-order valence-electron chi connectivity index (χ0n) is 14.8. The molecule has 0 spiro atoms. The van der Waals surface area contributed by atoms with Gasteiger partial charge in [0.25, 0.3) is 0 Å². The summed E-state index contributed by atoms with van der Waals surface area (Å²) in [4.78, 5) is 11.9. The maximum Gasteiger partial charge on any atom is 0.220 e. The Morgan fingerprint density at radius 2 is 2.25 bits per heavy atom. The molecule has 2 aromatic heterocycles. The highest BCUT2D eigenvalue weighted by Gasteiger charge is 2.31. The Labute approximate surface area is 142 Å². The average molecular weight is 330 g/mol. The molecule has 3 heterocycles. The Hall–Kier alpha value is -2.15. The number of nitrogens with one attached hydrogen (secondary N) is 2. The van der Waals surface area contributed by atoms with Gasteiger partial charge in [0.15, 0.2) is 0 Å². The molecule has 130 valence electrons. The van der Waals surface area contributed by atoms with Crippen molar-refractivity contribution in [3.05, 3.63) is 35.4 Å². The van der Waals surface area contributed by atoms with Gasteiger partial charge in [-0.25, -0.2) is 0 Å². The standard InChI is InChI=1S/C17H26N6O/c1-11(2)23-10-13(12(3)21-23)9-18-14-5-6-16(24)20-17(14)15-7-8-19-22(15)4/h7-8,10-11,14,17-18H,5-6,9H2,1-4H3,(H,20,24)/t14-,17-/m1/s1. The fourth-order valence-electron chi connectivity index (χ4n) is 3.19. The smallest absolute Gasteiger partial charge is 0.220 e. The first-order chi connectivity index (χ1) is 11.5. The van der Waals surface area contributed by atoms with Gasteiger partial charge < -0.3 is 10.6 Å². The molecule has 0 aromatic carbocycles. The average Bonchev–Trinajstić information content (AvgIpc) is 3.12. The lowest BCUT2D eigenvalue weighted by atomic mass is 9.95. The number of carbonyl (C=O) groups excluding carboxylic acids is 1. The highest BCUT2D eigenvalue weighted by Crippen LogP contribution is 2.24. The maximum absolute atomic E-state index is 11.9. The molecule has 1 saturated heterocycles. The van der Waals surface area contributed by atoms with Crippen molar-refractivity contribution in [2.45, 2.75) is 58.3 Å². The van der Waals surface area contributed by atoms with Gasteiger partial charge in [-0.2, -0.15) is 10.2 Å². The molecule has 2 aromatic rings. The largest absolute Gasteiger partial charge is 0.346 e. The Morgan fingerprint density at radius 3 is 2.88 bits per heavy atom. The minimum Gasteiger partial charge on any atom is -0.346 e. The van der Waals surface area contributed by atoms with E-state index < -0.39 is 0 Å². The van der Waals surface area contributed by atoms with E-state index in [4.69, 9.17) is 0 Å². The van der Waals surface area contributed by atoms with Gasteiger partial charge in [0.1, 0.15) is 0 Å². The third-order valence-corrected chi connectivity index (χ3v) is 4.68. The molecule has 0 radical (unpaired) electrons. The first-order valence-electron chi connectivity index (χ1n) is 8.51. The Morgan fingerprint density at radius 1 is 1.46 bits per heavy atom. The van der Waals surface area contributed by atoms with E-state index in [2.05, 4.69) is 40.9 Å². The first kappa shape index (κ1) is 16.7. The van der Waals surface area contributed by atoms with Crippen LogP contribution in [-0.2, 0) is 18.4 Å². The van der Waals surface area contributed by atoms with Crippen LogP contribution in [-0.4, -0.2) is 31.5 Å². The highest BCUT2D eigenvalue weighted by atomic mass is 16.1. The Kier molecular flexibility index (Phi) is 4.71. The minimum atomic E-state index is -0.0563. The Balaban J connectivity index is 1.73.